The molecule has 1 fully saturated rings. The molecule has 0 aromatic carbocycles. The van der Waals surface area contributed by atoms with Crippen molar-refractivity contribution in [2.75, 3.05) is 6.54 Å². The van der Waals surface area contributed by atoms with Gasteiger partial charge in [0.15, 0.2) is 0 Å². The predicted octanol–water partition coefficient (Wildman–Crippen LogP) is 2.09. The molecule has 3 rings (SSSR count). The van der Waals surface area contributed by atoms with Gasteiger partial charge in [-0.25, -0.2) is 0 Å². The molecule has 0 N–H and O–H groups in total. The number of hydrogen-bond acceptors (Lipinski definition) is 3. The Bertz CT molecular complexity index is 690. The molecule has 2 aromatic rings. The van der Waals surface area contributed by atoms with Gasteiger partial charge in [-0.05, 0) is 25.8 Å². The predicted molar refractivity (Wildman–Crippen MR) is 79.2 cm³/mol. The third-order valence-electron chi connectivity index (χ3n) is 4.08. The van der Waals surface area contributed by atoms with E-state index >= 15 is 0 Å². The molecule has 6 nitrogen and oxygen atoms in total. The molecule has 1 aliphatic heterocycles. The molecule has 1 aliphatic rings. The average Bonchev–Trinajstić information content (AvgIpc) is 3.11. The number of nitrogens with zero attached hydrogens (tertiary/aromatic N) is 5. The Balaban J connectivity index is 1.96. The van der Waals surface area contributed by atoms with E-state index in [1.165, 1.54) is 0 Å². The number of aromatic nitrogens is 4. The van der Waals surface area contributed by atoms with Crippen LogP contribution in [-0.4, -0.2) is 36.9 Å². The maximum Gasteiger partial charge on any atom is 0.272 e. The lowest BCUT2D eigenvalue weighted by atomic mass is 10.1. The number of rotatable bonds is 2. The van der Waals surface area contributed by atoms with Crippen LogP contribution in [0.2, 0.25) is 5.15 Å². The summed E-state index contributed by atoms with van der Waals surface area (Å²) in [5, 5.41) is 9.04. The fraction of sp³-hybridized carbons (Fsp3) is 0.500. The minimum absolute atomic E-state index is 0.00294. The minimum Gasteiger partial charge on any atom is -0.330 e. The van der Waals surface area contributed by atoms with Crippen LogP contribution in [0.5, 0.6) is 0 Å². The molecule has 7 heteroatoms. The van der Waals surface area contributed by atoms with Crippen LogP contribution >= 0.6 is 11.6 Å². The molecule has 0 spiro atoms. The number of likely N-dealkylation sites (tertiary alicyclic amines) is 1. The molecule has 0 radical (unpaired) electrons. The molecular weight excluding hydrogens is 290 g/mol. The first-order valence-corrected chi connectivity index (χ1v) is 7.36. The zero-order valence-electron chi connectivity index (χ0n) is 12.4. The summed E-state index contributed by atoms with van der Waals surface area (Å²) in [6.45, 7) is 2.67. The maximum atomic E-state index is 12.7. The van der Waals surface area contributed by atoms with E-state index in [0.29, 0.717) is 10.8 Å². The molecule has 0 saturated carbocycles. The van der Waals surface area contributed by atoms with E-state index in [2.05, 4.69) is 10.2 Å². The van der Waals surface area contributed by atoms with Gasteiger partial charge in [-0.2, -0.15) is 10.2 Å². The van der Waals surface area contributed by atoms with Gasteiger partial charge in [0.2, 0.25) is 0 Å². The molecule has 112 valence electrons. The summed E-state index contributed by atoms with van der Waals surface area (Å²) >= 11 is 6.37. The second-order valence-corrected chi connectivity index (χ2v) is 5.77. The van der Waals surface area contributed by atoms with E-state index in [0.717, 1.165) is 30.6 Å². The van der Waals surface area contributed by atoms with Gasteiger partial charge in [0.25, 0.3) is 5.91 Å². The fourth-order valence-corrected chi connectivity index (χ4v) is 3.37. The van der Waals surface area contributed by atoms with E-state index in [4.69, 9.17) is 11.6 Å². The highest BCUT2D eigenvalue weighted by Crippen LogP contribution is 2.38. The molecule has 21 heavy (non-hydrogen) atoms. The number of carbonyl (C=O) groups excluding carboxylic acids is 1. The first kappa shape index (κ1) is 14.1. The van der Waals surface area contributed by atoms with Crippen LogP contribution in [0.15, 0.2) is 12.3 Å². The van der Waals surface area contributed by atoms with E-state index in [1.54, 1.807) is 28.7 Å². The SMILES string of the molecule is Cc1nn(C)c(Cl)c1[C@@H]1CCCN1C(=O)c1ccnn1C. The number of carbonyl (C=O) groups is 1. The van der Waals surface area contributed by atoms with Gasteiger partial charge in [0.05, 0.1) is 11.7 Å². The van der Waals surface area contributed by atoms with E-state index in [9.17, 15) is 4.79 Å². The second-order valence-electron chi connectivity index (χ2n) is 5.41. The molecule has 1 saturated heterocycles. The largest absolute Gasteiger partial charge is 0.330 e. The lowest BCUT2D eigenvalue weighted by Crippen LogP contribution is -2.32. The van der Waals surface area contributed by atoms with Gasteiger partial charge in [0, 0.05) is 32.4 Å². The van der Waals surface area contributed by atoms with Crippen LogP contribution in [0, 0.1) is 6.92 Å². The summed E-state index contributed by atoms with van der Waals surface area (Å²) in [6.07, 6.45) is 3.52. The molecule has 2 aromatic heterocycles. The maximum absolute atomic E-state index is 12.7. The molecule has 0 unspecified atom stereocenters. The molecule has 0 aliphatic carbocycles. The number of hydrogen-bond donors (Lipinski definition) is 0. The third kappa shape index (κ3) is 2.23. The van der Waals surface area contributed by atoms with Crippen LogP contribution in [0.25, 0.3) is 0 Å². The summed E-state index contributed by atoms with van der Waals surface area (Å²) in [5.41, 5.74) is 2.45. The van der Waals surface area contributed by atoms with Crippen LogP contribution < -0.4 is 0 Å². The van der Waals surface area contributed by atoms with Gasteiger partial charge < -0.3 is 4.90 Å². The van der Waals surface area contributed by atoms with Crippen molar-refractivity contribution in [3.63, 3.8) is 0 Å². The summed E-state index contributed by atoms with van der Waals surface area (Å²) < 4.78 is 3.27. The van der Waals surface area contributed by atoms with E-state index in [-0.39, 0.29) is 11.9 Å². The lowest BCUT2D eigenvalue weighted by molar-refractivity contribution is 0.0724. The highest BCUT2D eigenvalue weighted by atomic mass is 35.5. The summed E-state index contributed by atoms with van der Waals surface area (Å²) in [7, 11) is 3.60. The highest BCUT2D eigenvalue weighted by molar-refractivity contribution is 6.30. The topological polar surface area (TPSA) is 56.0 Å². The average molecular weight is 308 g/mol. The van der Waals surface area contributed by atoms with Crippen molar-refractivity contribution in [2.24, 2.45) is 14.1 Å². The summed E-state index contributed by atoms with van der Waals surface area (Å²) in [4.78, 5) is 14.6. The standard InChI is InChI=1S/C14H18ClN5O/c1-9-12(13(15)19(3)17-9)10-5-4-8-20(10)14(21)11-6-7-16-18(11)2/h6-7,10H,4-5,8H2,1-3H3/t10-/m0/s1. The Morgan fingerprint density at radius 1 is 1.38 bits per heavy atom. The summed E-state index contributed by atoms with van der Waals surface area (Å²) in [5.74, 6) is -0.00294. The van der Waals surface area contributed by atoms with Gasteiger partial charge in [-0.15, -0.1) is 0 Å². The zero-order valence-corrected chi connectivity index (χ0v) is 13.1. The Hall–Kier alpha value is -1.82. The Morgan fingerprint density at radius 3 is 2.71 bits per heavy atom. The number of aryl methyl sites for hydroxylation is 3. The molecule has 1 amide bonds. The van der Waals surface area contributed by atoms with Crippen molar-refractivity contribution in [2.45, 2.75) is 25.8 Å². The lowest BCUT2D eigenvalue weighted by Gasteiger charge is -2.25. The highest BCUT2D eigenvalue weighted by Gasteiger charge is 2.35. The molecule has 3 heterocycles. The van der Waals surface area contributed by atoms with Gasteiger partial charge >= 0.3 is 0 Å². The third-order valence-corrected chi connectivity index (χ3v) is 4.53. The monoisotopic (exact) mass is 307 g/mol. The quantitative estimate of drug-likeness (QED) is 0.853. The minimum atomic E-state index is -0.00593. The Labute approximate surface area is 128 Å². The van der Waals surface area contributed by atoms with Crippen molar-refractivity contribution in [3.05, 3.63) is 34.4 Å². The zero-order chi connectivity index (χ0) is 15.1. The van der Waals surface area contributed by atoms with Crippen molar-refractivity contribution in [1.29, 1.82) is 0 Å². The molecular formula is C14H18ClN5O. The van der Waals surface area contributed by atoms with Gasteiger partial charge in [-0.3, -0.25) is 14.2 Å². The van der Waals surface area contributed by atoms with Crippen molar-refractivity contribution in [3.8, 4) is 0 Å². The van der Waals surface area contributed by atoms with Crippen molar-refractivity contribution < 1.29 is 4.79 Å². The first-order valence-electron chi connectivity index (χ1n) is 6.98. The smallest absolute Gasteiger partial charge is 0.272 e. The van der Waals surface area contributed by atoms with Crippen molar-refractivity contribution in [1.82, 2.24) is 24.5 Å². The molecule has 1 atom stereocenters. The van der Waals surface area contributed by atoms with Gasteiger partial charge in [0.1, 0.15) is 10.8 Å². The van der Waals surface area contributed by atoms with Crippen LogP contribution in [-0.2, 0) is 14.1 Å². The molecule has 0 bridgehead atoms. The first-order chi connectivity index (χ1) is 10.0. The van der Waals surface area contributed by atoms with Crippen LogP contribution in [0.1, 0.15) is 40.6 Å². The second kappa shape index (κ2) is 5.18. The van der Waals surface area contributed by atoms with Crippen LogP contribution in [0.4, 0.5) is 0 Å². The van der Waals surface area contributed by atoms with E-state index < -0.39 is 0 Å². The summed E-state index contributed by atoms with van der Waals surface area (Å²) in [6, 6.07) is 1.74. The Morgan fingerprint density at radius 2 is 2.14 bits per heavy atom. The van der Waals surface area contributed by atoms with Crippen molar-refractivity contribution >= 4 is 17.5 Å². The normalized spacial score (nSPS) is 18.5. The van der Waals surface area contributed by atoms with Gasteiger partial charge in [-0.1, -0.05) is 11.6 Å². The number of amides is 1. The fourth-order valence-electron chi connectivity index (χ4n) is 3.07. The number of halogens is 1. The van der Waals surface area contributed by atoms with Crippen LogP contribution in [0.3, 0.4) is 0 Å². The Kier molecular flexibility index (Phi) is 3.49. The van der Waals surface area contributed by atoms with E-state index in [1.807, 2.05) is 18.9 Å².